The van der Waals surface area contributed by atoms with Gasteiger partial charge in [0.2, 0.25) is 0 Å². The van der Waals surface area contributed by atoms with Crippen LogP contribution >= 0.6 is 0 Å². The fourth-order valence-electron chi connectivity index (χ4n) is 3.55. The molecular weight excluding hydrogens is 416 g/mol. The third kappa shape index (κ3) is 10.1. The molecule has 0 aliphatic rings. The largest absolute Gasteiger partial charge is 0.507 e. The summed E-state index contributed by atoms with van der Waals surface area (Å²) in [5, 5.41) is 10.3. The summed E-state index contributed by atoms with van der Waals surface area (Å²) in [6.07, 6.45) is 24.0. The maximum atomic E-state index is 12.4. The monoisotopic (exact) mass is 454 g/mol. The Hall–Kier alpha value is -2.79. The topological polar surface area (TPSA) is 68.9 Å². The Labute approximate surface area is 197 Å². The van der Waals surface area contributed by atoms with E-state index in [1.807, 2.05) is 0 Å². The van der Waals surface area contributed by atoms with Gasteiger partial charge in [-0.2, -0.15) is 0 Å². The van der Waals surface area contributed by atoms with Crippen LogP contribution in [-0.4, -0.2) is 19.0 Å². The molecule has 5 heteroatoms. The molecule has 0 aliphatic carbocycles. The predicted molar refractivity (Wildman–Crippen MR) is 135 cm³/mol. The Balaban J connectivity index is 1.67. The molecule has 33 heavy (non-hydrogen) atoms. The summed E-state index contributed by atoms with van der Waals surface area (Å²) in [7, 11) is 1.52. The molecule has 0 fully saturated rings. The van der Waals surface area contributed by atoms with E-state index in [-0.39, 0.29) is 23.4 Å². The van der Waals surface area contributed by atoms with Gasteiger partial charge in [0.25, 0.3) is 0 Å². The first-order valence-electron chi connectivity index (χ1n) is 12.0. The minimum atomic E-state index is -0.235. The molecule has 1 heterocycles. The summed E-state index contributed by atoms with van der Waals surface area (Å²) in [4.78, 5) is 12.4. The van der Waals surface area contributed by atoms with Crippen molar-refractivity contribution in [3.8, 4) is 11.5 Å². The first-order valence-corrected chi connectivity index (χ1v) is 12.0. The van der Waals surface area contributed by atoms with Crippen molar-refractivity contribution in [3.63, 3.8) is 0 Å². The minimum Gasteiger partial charge on any atom is -0.507 e. The number of methoxy groups -OCH3 is 1. The number of phenolic OH excluding ortho intramolecular Hbond substituents is 1. The van der Waals surface area contributed by atoms with Crippen molar-refractivity contribution in [1.29, 1.82) is 0 Å². The van der Waals surface area contributed by atoms with Crippen molar-refractivity contribution in [2.45, 2.75) is 71.1 Å². The summed E-state index contributed by atoms with van der Waals surface area (Å²) in [6, 6.07) is 4.50. The van der Waals surface area contributed by atoms with Gasteiger partial charge in [0.15, 0.2) is 12.2 Å². The molecular formula is C28H38O5. The SMILES string of the molecule is CC/C=C\C/C=C\C/C=C\CCCCCCCc1cc(=O)c2c(O)cc(OCOC)cc2o1. The lowest BCUT2D eigenvalue weighted by Crippen LogP contribution is -2.04. The van der Waals surface area contributed by atoms with Crippen molar-refractivity contribution in [2.75, 3.05) is 13.9 Å². The molecule has 0 unspecified atom stereocenters. The van der Waals surface area contributed by atoms with Crippen molar-refractivity contribution >= 4 is 11.0 Å². The van der Waals surface area contributed by atoms with Crippen LogP contribution < -0.4 is 10.2 Å². The molecule has 2 aromatic rings. The summed E-state index contributed by atoms with van der Waals surface area (Å²) in [6.45, 7) is 2.20. The second kappa shape index (κ2) is 15.9. The number of aryl methyl sites for hydroxylation is 1. The highest BCUT2D eigenvalue weighted by Crippen LogP contribution is 2.29. The van der Waals surface area contributed by atoms with Gasteiger partial charge in [0.05, 0.1) is 0 Å². The Morgan fingerprint density at radius 3 is 2.36 bits per heavy atom. The van der Waals surface area contributed by atoms with Crippen LogP contribution in [0.4, 0.5) is 0 Å². The minimum absolute atomic E-state index is 0.0542. The highest BCUT2D eigenvalue weighted by atomic mass is 16.7. The summed E-state index contributed by atoms with van der Waals surface area (Å²) in [5.41, 5.74) is 0.101. The quantitative estimate of drug-likeness (QED) is 0.165. The number of fused-ring (bicyclic) bond motifs is 1. The van der Waals surface area contributed by atoms with Crippen molar-refractivity contribution in [1.82, 2.24) is 0 Å². The summed E-state index contributed by atoms with van der Waals surface area (Å²) < 4.78 is 16.1. The number of hydrogen-bond acceptors (Lipinski definition) is 5. The van der Waals surface area contributed by atoms with E-state index in [2.05, 4.69) is 43.4 Å². The molecule has 0 radical (unpaired) electrons. The van der Waals surface area contributed by atoms with E-state index in [1.165, 1.54) is 38.5 Å². The molecule has 0 bridgehead atoms. The molecule has 180 valence electrons. The molecule has 1 N–H and O–H groups in total. The lowest BCUT2D eigenvalue weighted by atomic mass is 10.1. The van der Waals surface area contributed by atoms with Crippen LogP contribution in [0.5, 0.6) is 11.5 Å². The third-order valence-electron chi connectivity index (χ3n) is 5.25. The number of unbranched alkanes of at least 4 members (excludes halogenated alkanes) is 5. The van der Waals surface area contributed by atoms with Gasteiger partial charge in [0, 0.05) is 31.7 Å². The number of phenols is 1. The zero-order valence-corrected chi connectivity index (χ0v) is 20.1. The van der Waals surface area contributed by atoms with Gasteiger partial charge < -0.3 is 19.0 Å². The second-order valence-electron chi connectivity index (χ2n) is 8.04. The number of aromatic hydroxyl groups is 1. The van der Waals surface area contributed by atoms with E-state index in [9.17, 15) is 9.90 Å². The van der Waals surface area contributed by atoms with Crippen molar-refractivity contribution < 1.29 is 19.0 Å². The zero-order chi connectivity index (χ0) is 23.7. The molecule has 0 saturated heterocycles. The number of hydrogen-bond donors (Lipinski definition) is 1. The van der Waals surface area contributed by atoms with Crippen LogP contribution in [-0.2, 0) is 11.2 Å². The highest BCUT2D eigenvalue weighted by molar-refractivity contribution is 5.84. The van der Waals surface area contributed by atoms with Gasteiger partial charge in [-0.05, 0) is 38.5 Å². The van der Waals surface area contributed by atoms with Crippen LogP contribution in [0.25, 0.3) is 11.0 Å². The molecule has 0 aliphatic heterocycles. The second-order valence-corrected chi connectivity index (χ2v) is 8.04. The number of allylic oxidation sites excluding steroid dienone is 6. The predicted octanol–water partition coefficient (Wildman–Crippen LogP) is 7.22. The normalized spacial score (nSPS) is 12.1. The fraction of sp³-hybridized carbons (Fsp3) is 0.464. The molecule has 1 aromatic carbocycles. The number of ether oxygens (including phenoxy) is 2. The standard InChI is InChI=1S/C28H38O5/c1-3-4-5-6-7-8-9-10-11-12-13-14-15-16-17-18-23-19-25(29)28-26(30)20-24(32-22-31-2)21-27(28)33-23/h4-5,7-8,10-11,19-21,30H,3,6,9,12-18,22H2,1-2H3/b5-4-,8-7-,11-10-. The summed E-state index contributed by atoms with van der Waals surface area (Å²) in [5.74, 6) is 0.890. The molecule has 0 amide bonds. The molecule has 2 rings (SSSR count). The first kappa shape index (κ1) is 26.5. The molecule has 0 saturated carbocycles. The molecule has 0 atom stereocenters. The van der Waals surface area contributed by atoms with Crippen LogP contribution in [0, 0.1) is 0 Å². The fourth-order valence-corrected chi connectivity index (χ4v) is 3.55. The van der Waals surface area contributed by atoms with Crippen molar-refractivity contribution in [3.05, 3.63) is 70.6 Å². The maximum absolute atomic E-state index is 12.4. The summed E-state index contributed by atoms with van der Waals surface area (Å²) >= 11 is 0. The first-order chi connectivity index (χ1) is 16.2. The van der Waals surface area contributed by atoms with Gasteiger partial charge in [-0.15, -0.1) is 0 Å². The number of rotatable bonds is 16. The van der Waals surface area contributed by atoms with Crippen molar-refractivity contribution in [2.24, 2.45) is 0 Å². The average molecular weight is 455 g/mol. The maximum Gasteiger partial charge on any atom is 0.196 e. The van der Waals surface area contributed by atoms with Gasteiger partial charge in [-0.3, -0.25) is 4.79 Å². The van der Waals surface area contributed by atoms with Gasteiger partial charge in [0.1, 0.15) is 28.2 Å². The zero-order valence-electron chi connectivity index (χ0n) is 20.1. The van der Waals surface area contributed by atoms with E-state index >= 15 is 0 Å². The van der Waals surface area contributed by atoms with E-state index < -0.39 is 0 Å². The highest BCUT2D eigenvalue weighted by Gasteiger charge is 2.12. The van der Waals surface area contributed by atoms with Crippen LogP contribution in [0.2, 0.25) is 0 Å². The molecule has 1 aromatic heterocycles. The Kier molecular flexibility index (Phi) is 12.8. The number of benzene rings is 1. The third-order valence-corrected chi connectivity index (χ3v) is 5.25. The van der Waals surface area contributed by atoms with E-state index in [0.717, 1.165) is 38.5 Å². The smallest absolute Gasteiger partial charge is 0.196 e. The van der Waals surface area contributed by atoms with Gasteiger partial charge >= 0.3 is 0 Å². The Morgan fingerprint density at radius 2 is 1.61 bits per heavy atom. The van der Waals surface area contributed by atoms with Gasteiger partial charge in [-0.1, -0.05) is 62.6 Å². The van der Waals surface area contributed by atoms with E-state index in [0.29, 0.717) is 23.5 Å². The molecule has 5 nitrogen and oxygen atoms in total. The van der Waals surface area contributed by atoms with Gasteiger partial charge in [-0.25, -0.2) is 0 Å². The average Bonchev–Trinajstić information content (AvgIpc) is 2.79. The van der Waals surface area contributed by atoms with Crippen LogP contribution in [0.1, 0.15) is 70.5 Å². The molecule has 0 spiro atoms. The van der Waals surface area contributed by atoms with E-state index in [4.69, 9.17) is 13.9 Å². The van der Waals surface area contributed by atoms with Crippen LogP contribution in [0.3, 0.4) is 0 Å². The van der Waals surface area contributed by atoms with Crippen LogP contribution in [0.15, 0.2) is 63.9 Å². The van der Waals surface area contributed by atoms with E-state index in [1.54, 1.807) is 6.07 Å². The Bertz CT molecular complexity index is 968. The lowest BCUT2D eigenvalue weighted by molar-refractivity contribution is 0.0510. The lowest BCUT2D eigenvalue weighted by Gasteiger charge is -2.08. The Morgan fingerprint density at radius 1 is 0.909 bits per heavy atom.